The van der Waals surface area contributed by atoms with Crippen molar-refractivity contribution in [3.8, 4) is 0 Å². The molecule has 5 nitrogen and oxygen atoms in total. The van der Waals surface area contributed by atoms with Gasteiger partial charge in [0.25, 0.3) is 0 Å². The highest BCUT2D eigenvalue weighted by Crippen LogP contribution is 2.59. The van der Waals surface area contributed by atoms with E-state index < -0.39 is 6.04 Å². The van der Waals surface area contributed by atoms with Crippen molar-refractivity contribution in [2.75, 3.05) is 6.54 Å². The van der Waals surface area contributed by atoms with Crippen molar-refractivity contribution < 1.29 is 9.59 Å². The molecule has 1 aromatic heterocycles. The lowest BCUT2D eigenvalue weighted by molar-refractivity contribution is -0.129. The van der Waals surface area contributed by atoms with E-state index in [1.165, 1.54) is 45.4 Å². The lowest BCUT2D eigenvalue weighted by Crippen LogP contribution is -2.54. The maximum Gasteiger partial charge on any atom is 0.242 e. The van der Waals surface area contributed by atoms with E-state index >= 15 is 0 Å². The maximum absolute atomic E-state index is 13.1. The number of nitrogens with one attached hydrogen (secondary N) is 3. The summed E-state index contributed by atoms with van der Waals surface area (Å²) in [5, 5.41) is 7.23. The van der Waals surface area contributed by atoms with Crippen molar-refractivity contribution in [1.29, 1.82) is 0 Å². The quantitative estimate of drug-likeness (QED) is 0.702. The molecule has 1 atom stereocenters. The van der Waals surface area contributed by atoms with Crippen molar-refractivity contribution in [2.24, 2.45) is 23.2 Å². The van der Waals surface area contributed by atoms with Crippen LogP contribution >= 0.6 is 0 Å². The average Bonchev–Trinajstić information content (AvgIpc) is 3.07. The summed E-state index contributed by atoms with van der Waals surface area (Å²) in [5.74, 6) is 2.39. The molecule has 154 valence electrons. The second-order valence-electron chi connectivity index (χ2n) is 9.95. The Morgan fingerprint density at radius 2 is 1.76 bits per heavy atom. The van der Waals surface area contributed by atoms with Crippen LogP contribution < -0.4 is 10.6 Å². The Morgan fingerprint density at radius 3 is 2.41 bits per heavy atom. The van der Waals surface area contributed by atoms with Crippen LogP contribution in [0.15, 0.2) is 30.5 Å². The lowest BCUT2D eigenvalue weighted by atomic mass is 9.49. The first kappa shape index (κ1) is 18.7. The van der Waals surface area contributed by atoms with Gasteiger partial charge in [-0.1, -0.05) is 18.2 Å². The third-order valence-electron chi connectivity index (χ3n) is 7.60. The Kier molecular flexibility index (Phi) is 4.64. The number of para-hydroxylation sites is 1. The van der Waals surface area contributed by atoms with Gasteiger partial charge in [0, 0.05) is 37.0 Å². The number of carbonyl (C=O) groups excluding carboxylic acids is 2. The van der Waals surface area contributed by atoms with E-state index in [1.807, 2.05) is 24.4 Å². The van der Waals surface area contributed by atoms with Crippen molar-refractivity contribution in [3.05, 3.63) is 36.0 Å². The molecule has 4 aliphatic rings. The summed E-state index contributed by atoms with van der Waals surface area (Å²) >= 11 is 0. The number of hydrogen-bond donors (Lipinski definition) is 3. The van der Waals surface area contributed by atoms with Crippen molar-refractivity contribution in [3.63, 3.8) is 0 Å². The number of hydrogen-bond acceptors (Lipinski definition) is 2. The average molecular weight is 394 g/mol. The largest absolute Gasteiger partial charge is 0.361 e. The number of aromatic nitrogens is 1. The van der Waals surface area contributed by atoms with Crippen LogP contribution in [-0.4, -0.2) is 29.4 Å². The zero-order chi connectivity index (χ0) is 20.0. The number of H-pyrrole nitrogens is 1. The molecule has 2 amide bonds. The molecule has 5 heteroatoms. The van der Waals surface area contributed by atoms with Gasteiger partial charge < -0.3 is 15.6 Å². The van der Waals surface area contributed by atoms with Crippen LogP contribution in [0.4, 0.5) is 0 Å². The molecular formula is C24H31N3O2. The molecule has 0 aliphatic heterocycles. The summed E-state index contributed by atoms with van der Waals surface area (Å²) in [6.45, 7) is 2.24. The number of amides is 2. The lowest BCUT2D eigenvalue weighted by Gasteiger charge is -2.57. The van der Waals surface area contributed by atoms with Gasteiger partial charge in [0.15, 0.2) is 0 Å². The van der Waals surface area contributed by atoms with Crippen molar-refractivity contribution in [2.45, 2.75) is 57.9 Å². The maximum atomic E-state index is 13.1. The number of aromatic amines is 1. The van der Waals surface area contributed by atoms with E-state index in [1.54, 1.807) is 0 Å². The minimum atomic E-state index is -0.541. The van der Waals surface area contributed by atoms with Gasteiger partial charge in [-0.25, -0.2) is 0 Å². The first-order valence-electron chi connectivity index (χ1n) is 11.1. The van der Waals surface area contributed by atoms with Gasteiger partial charge in [-0.15, -0.1) is 0 Å². The molecule has 29 heavy (non-hydrogen) atoms. The van der Waals surface area contributed by atoms with Gasteiger partial charge >= 0.3 is 0 Å². The standard InChI is InChI=1S/C24H31N3O2/c1-15(28)27-22(9-19-13-25-21-5-3-2-4-20(19)21)23(29)26-14-24-10-16-6-17(11-24)8-18(7-16)12-24/h2-5,13,16-18,22,25H,6-12,14H2,1H3,(H,26,29)(H,27,28). The second kappa shape index (κ2) is 7.19. The third-order valence-corrected chi connectivity index (χ3v) is 7.60. The SMILES string of the molecule is CC(=O)NC(Cc1c[nH]c2ccccc12)C(=O)NCC12CC3CC(CC(C3)C1)C2. The van der Waals surface area contributed by atoms with Crippen LogP contribution in [0.1, 0.15) is 51.0 Å². The van der Waals surface area contributed by atoms with Gasteiger partial charge in [0.05, 0.1) is 0 Å². The summed E-state index contributed by atoms with van der Waals surface area (Å²) in [5.41, 5.74) is 2.41. The number of benzene rings is 1. The fourth-order valence-electron chi connectivity index (χ4n) is 6.88. The monoisotopic (exact) mass is 393 g/mol. The fraction of sp³-hybridized carbons (Fsp3) is 0.583. The number of carbonyl (C=O) groups is 2. The molecular weight excluding hydrogens is 362 g/mol. The molecule has 3 N–H and O–H groups in total. The molecule has 1 heterocycles. The highest BCUT2D eigenvalue weighted by atomic mass is 16.2. The first-order chi connectivity index (χ1) is 14.0. The molecule has 0 saturated heterocycles. The molecule has 1 aromatic carbocycles. The summed E-state index contributed by atoms with van der Waals surface area (Å²) in [6, 6.07) is 7.53. The Hall–Kier alpha value is -2.30. The number of fused-ring (bicyclic) bond motifs is 1. The van der Waals surface area contributed by atoms with Crippen LogP contribution in [-0.2, 0) is 16.0 Å². The van der Waals surface area contributed by atoms with E-state index in [9.17, 15) is 9.59 Å². The molecule has 4 aliphatic carbocycles. The normalized spacial score (nSPS) is 31.0. The Bertz CT molecular complexity index is 896. The zero-order valence-corrected chi connectivity index (χ0v) is 17.2. The molecule has 4 bridgehead atoms. The summed E-state index contributed by atoms with van der Waals surface area (Å²) in [4.78, 5) is 28.1. The van der Waals surface area contributed by atoms with Crippen LogP contribution in [0.2, 0.25) is 0 Å². The van der Waals surface area contributed by atoms with E-state index in [0.717, 1.165) is 40.8 Å². The molecule has 0 radical (unpaired) electrons. The van der Waals surface area contributed by atoms with Gasteiger partial charge in [0.1, 0.15) is 6.04 Å². The van der Waals surface area contributed by atoms with Gasteiger partial charge in [-0.2, -0.15) is 0 Å². The molecule has 6 rings (SSSR count). The predicted octanol–water partition coefficient (Wildman–Crippen LogP) is 3.55. The van der Waals surface area contributed by atoms with Gasteiger partial charge in [0.2, 0.25) is 11.8 Å². The predicted molar refractivity (Wildman–Crippen MR) is 113 cm³/mol. The zero-order valence-electron chi connectivity index (χ0n) is 17.2. The van der Waals surface area contributed by atoms with Crippen LogP contribution in [0.5, 0.6) is 0 Å². The minimum Gasteiger partial charge on any atom is -0.361 e. The summed E-state index contributed by atoms with van der Waals surface area (Å²) < 4.78 is 0. The van der Waals surface area contributed by atoms with E-state index in [4.69, 9.17) is 0 Å². The van der Waals surface area contributed by atoms with Crippen molar-refractivity contribution >= 4 is 22.7 Å². The van der Waals surface area contributed by atoms with Crippen LogP contribution in [0, 0.1) is 23.2 Å². The smallest absolute Gasteiger partial charge is 0.242 e. The first-order valence-corrected chi connectivity index (χ1v) is 11.1. The Labute approximate surface area is 172 Å². The van der Waals surface area contributed by atoms with E-state index in [-0.39, 0.29) is 11.8 Å². The molecule has 4 saturated carbocycles. The minimum absolute atomic E-state index is 0.0544. The van der Waals surface area contributed by atoms with Crippen LogP contribution in [0.25, 0.3) is 10.9 Å². The molecule has 0 spiro atoms. The molecule has 2 aromatic rings. The highest BCUT2D eigenvalue weighted by molar-refractivity contribution is 5.89. The fourth-order valence-corrected chi connectivity index (χ4v) is 6.88. The van der Waals surface area contributed by atoms with Gasteiger partial charge in [-0.05, 0) is 73.3 Å². The third kappa shape index (κ3) is 3.67. The Balaban J connectivity index is 1.28. The topological polar surface area (TPSA) is 74.0 Å². The van der Waals surface area contributed by atoms with E-state index in [2.05, 4.69) is 21.7 Å². The van der Waals surface area contributed by atoms with Crippen molar-refractivity contribution in [1.82, 2.24) is 15.6 Å². The highest BCUT2D eigenvalue weighted by Gasteiger charge is 2.50. The summed E-state index contributed by atoms with van der Waals surface area (Å²) in [6.07, 6.45) is 10.5. The Morgan fingerprint density at radius 1 is 1.10 bits per heavy atom. The second-order valence-corrected chi connectivity index (χ2v) is 9.95. The summed E-state index contributed by atoms with van der Waals surface area (Å²) in [7, 11) is 0. The van der Waals surface area contributed by atoms with E-state index in [0.29, 0.717) is 11.8 Å². The van der Waals surface area contributed by atoms with Gasteiger partial charge in [-0.3, -0.25) is 9.59 Å². The molecule has 1 unspecified atom stereocenters. The molecule has 4 fully saturated rings. The number of rotatable bonds is 6. The van der Waals surface area contributed by atoms with Crippen LogP contribution in [0.3, 0.4) is 0 Å².